The van der Waals surface area contributed by atoms with E-state index < -0.39 is 0 Å². The number of nitrogens with zero attached hydrogens (tertiary/aromatic N) is 3. The van der Waals surface area contributed by atoms with Crippen LogP contribution in [0.4, 0.5) is 0 Å². The predicted molar refractivity (Wildman–Crippen MR) is 53.1 cm³/mol. The molecule has 0 fully saturated rings. The van der Waals surface area contributed by atoms with Gasteiger partial charge in [-0.2, -0.15) is 0 Å². The SMILES string of the molecule is [N-]=[N+]=NCC1COc2ccccc2C1. The zero-order valence-electron chi connectivity index (χ0n) is 7.76. The maximum atomic E-state index is 8.21. The Hall–Kier alpha value is -1.67. The van der Waals surface area contributed by atoms with Crippen LogP contribution in [0.5, 0.6) is 5.75 Å². The van der Waals surface area contributed by atoms with Crippen LogP contribution in [0.1, 0.15) is 5.56 Å². The van der Waals surface area contributed by atoms with E-state index in [0.29, 0.717) is 19.1 Å². The van der Waals surface area contributed by atoms with Gasteiger partial charge in [-0.15, -0.1) is 0 Å². The lowest BCUT2D eigenvalue weighted by Gasteiger charge is -2.23. The molecule has 0 amide bonds. The molecule has 1 aliphatic rings. The summed E-state index contributed by atoms with van der Waals surface area (Å²) in [5, 5.41) is 3.57. The third-order valence-corrected chi connectivity index (χ3v) is 2.36. The molecule has 0 radical (unpaired) electrons. The van der Waals surface area contributed by atoms with E-state index in [-0.39, 0.29) is 0 Å². The molecule has 1 unspecified atom stereocenters. The molecule has 0 saturated heterocycles. The molecule has 4 nitrogen and oxygen atoms in total. The standard InChI is InChI=1S/C10H11N3O/c11-13-12-6-8-5-9-3-1-2-4-10(9)14-7-8/h1-4,8H,5-7H2. The van der Waals surface area contributed by atoms with Gasteiger partial charge in [0.1, 0.15) is 5.75 Å². The average Bonchev–Trinajstić information content (AvgIpc) is 2.26. The van der Waals surface area contributed by atoms with E-state index in [4.69, 9.17) is 10.3 Å². The molecule has 1 aliphatic heterocycles. The molecule has 0 aromatic heterocycles. The van der Waals surface area contributed by atoms with E-state index in [1.807, 2.05) is 18.2 Å². The molecular weight excluding hydrogens is 178 g/mol. The van der Waals surface area contributed by atoms with Gasteiger partial charge in [-0.1, -0.05) is 23.3 Å². The lowest BCUT2D eigenvalue weighted by molar-refractivity contribution is 0.226. The summed E-state index contributed by atoms with van der Waals surface area (Å²) in [6.45, 7) is 1.17. The highest BCUT2D eigenvalue weighted by Crippen LogP contribution is 2.26. The van der Waals surface area contributed by atoms with Crippen molar-refractivity contribution in [2.75, 3.05) is 13.2 Å². The molecule has 0 bridgehead atoms. The lowest BCUT2D eigenvalue weighted by atomic mass is 9.97. The Morgan fingerprint density at radius 3 is 3.21 bits per heavy atom. The molecule has 4 heteroatoms. The molecule has 0 spiro atoms. The van der Waals surface area contributed by atoms with Crippen LogP contribution in [0, 0.1) is 5.92 Å². The third kappa shape index (κ3) is 1.80. The first-order valence-electron chi connectivity index (χ1n) is 4.61. The number of para-hydroxylation sites is 1. The third-order valence-electron chi connectivity index (χ3n) is 2.36. The number of rotatable bonds is 2. The fourth-order valence-corrected chi connectivity index (χ4v) is 1.66. The van der Waals surface area contributed by atoms with Crippen molar-refractivity contribution in [3.63, 3.8) is 0 Å². The Morgan fingerprint density at radius 2 is 2.36 bits per heavy atom. The first-order chi connectivity index (χ1) is 6.90. The Morgan fingerprint density at radius 1 is 1.50 bits per heavy atom. The number of ether oxygens (including phenoxy) is 1. The van der Waals surface area contributed by atoms with E-state index in [0.717, 1.165) is 12.2 Å². The number of hydrogen-bond acceptors (Lipinski definition) is 2. The van der Waals surface area contributed by atoms with Gasteiger partial charge in [0.15, 0.2) is 0 Å². The summed E-state index contributed by atoms with van der Waals surface area (Å²) in [6, 6.07) is 7.99. The first kappa shape index (κ1) is 8.91. The second-order valence-corrected chi connectivity index (χ2v) is 3.40. The summed E-state index contributed by atoms with van der Waals surface area (Å²) in [7, 11) is 0. The van der Waals surface area contributed by atoms with Crippen molar-refractivity contribution in [2.45, 2.75) is 6.42 Å². The number of benzene rings is 1. The van der Waals surface area contributed by atoms with Gasteiger partial charge in [0.05, 0.1) is 6.61 Å². The van der Waals surface area contributed by atoms with E-state index in [2.05, 4.69) is 16.1 Å². The summed E-state index contributed by atoms with van der Waals surface area (Å²) in [6.07, 6.45) is 0.940. The quantitative estimate of drug-likeness (QED) is 0.400. The second-order valence-electron chi connectivity index (χ2n) is 3.40. The molecule has 1 aromatic rings. The fourth-order valence-electron chi connectivity index (χ4n) is 1.66. The van der Waals surface area contributed by atoms with Gasteiger partial charge in [0, 0.05) is 17.4 Å². The van der Waals surface area contributed by atoms with Crippen LogP contribution in [0.2, 0.25) is 0 Å². The Kier molecular flexibility index (Phi) is 2.56. The Labute approximate surface area is 82.1 Å². The molecule has 14 heavy (non-hydrogen) atoms. The van der Waals surface area contributed by atoms with E-state index >= 15 is 0 Å². The molecule has 2 rings (SSSR count). The summed E-state index contributed by atoms with van der Waals surface area (Å²) in [5.41, 5.74) is 9.42. The summed E-state index contributed by atoms with van der Waals surface area (Å²) < 4.78 is 5.55. The average molecular weight is 189 g/mol. The summed E-state index contributed by atoms with van der Waals surface area (Å²) in [5.74, 6) is 1.28. The van der Waals surface area contributed by atoms with Gasteiger partial charge < -0.3 is 4.74 Å². The molecule has 0 aliphatic carbocycles. The van der Waals surface area contributed by atoms with Crippen molar-refractivity contribution < 1.29 is 4.74 Å². The highest BCUT2D eigenvalue weighted by Gasteiger charge is 2.18. The van der Waals surface area contributed by atoms with Crippen molar-refractivity contribution in [3.8, 4) is 5.75 Å². The second kappa shape index (κ2) is 4.03. The highest BCUT2D eigenvalue weighted by atomic mass is 16.5. The van der Waals surface area contributed by atoms with Crippen molar-refractivity contribution in [1.82, 2.24) is 0 Å². The number of azide groups is 1. The maximum Gasteiger partial charge on any atom is 0.122 e. The summed E-state index contributed by atoms with van der Waals surface area (Å²) >= 11 is 0. The molecule has 1 atom stereocenters. The molecule has 72 valence electrons. The monoisotopic (exact) mass is 189 g/mol. The smallest absolute Gasteiger partial charge is 0.122 e. The van der Waals surface area contributed by atoms with Crippen molar-refractivity contribution in [3.05, 3.63) is 40.3 Å². The summed E-state index contributed by atoms with van der Waals surface area (Å²) in [4.78, 5) is 2.76. The zero-order valence-corrected chi connectivity index (χ0v) is 7.76. The zero-order chi connectivity index (χ0) is 9.80. The first-order valence-corrected chi connectivity index (χ1v) is 4.61. The molecule has 0 N–H and O–H groups in total. The molecule has 1 aromatic carbocycles. The lowest BCUT2D eigenvalue weighted by Crippen LogP contribution is -2.22. The van der Waals surface area contributed by atoms with Crippen LogP contribution in [0.25, 0.3) is 10.4 Å². The van der Waals surface area contributed by atoms with Crippen LogP contribution in [0.3, 0.4) is 0 Å². The van der Waals surface area contributed by atoms with Crippen LogP contribution < -0.4 is 4.74 Å². The minimum Gasteiger partial charge on any atom is -0.493 e. The van der Waals surface area contributed by atoms with E-state index in [1.165, 1.54) is 5.56 Å². The molecular formula is C10H11N3O. The van der Waals surface area contributed by atoms with Crippen molar-refractivity contribution in [2.24, 2.45) is 11.0 Å². The van der Waals surface area contributed by atoms with Crippen LogP contribution in [-0.2, 0) is 6.42 Å². The van der Waals surface area contributed by atoms with Crippen molar-refractivity contribution in [1.29, 1.82) is 0 Å². The number of hydrogen-bond donors (Lipinski definition) is 0. The van der Waals surface area contributed by atoms with Gasteiger partial charge in [0.25, 0.3) is 0 Å². The van der Waals surface area contributed by atoms with Gasteiger partial charge >= 0.3 is 0 Å². The predicted octanol–water partition coefficient (Wildman–Crippen LogP) is 2.55. The van der Waals surface area contributed by atoms with Gasteiger partial charge in [-0.3, -0.25) is 0 Å². The van der Waals surface area contributed by atoms with Crippen LogP contribution in [0.15, 0.2) is 29.4 Å². The van der Waals surface area contributed by atoms with E-state index in [9.17, 15) is 0 Å². The normalized spacial score (nSPS) is 19.0. The van der Waals surface area contributed by atoms with Crippen LogP contribution in [-0.4, -0.2) is 13.2 Å². The highest BCUT2D eigenvalue weighted by molar-refractivity contribution is 5.35. The van der Waals surface area contributed by atoms with Gasteiger partial charge in [-0.05, 0) is 23.6 Å². The van der Waals surface area contributed by atoms with Crippen LogP contribution >= 0.6 is 0 Å². The largest absolute Gasteiger partial charge is 0.493 e. The van der Waals surface area contributed by atoms with Gasteiger partial charge in [-0.25, -0.2) is 0 Å². The molecule has 1 heterocycles. The maximum absolute atomic E-state index is 8.21. The number of fused-ring (bicyclic) bond motifs is 1. The molecule has 0 saturated carbocycles. The van der Waals surface area contributed by atoms with Gasteiger partial charge in [0.2, 0.25) is 0 Å². The van der Waals surface area contributed by atoms with Crippen molar-refractivity contribution >= 4 is 0 Å². The fraction of sp³-hybridized carbons (Fsp3) is 0.400. The minimum absolute atomic E-state index is 0.320. The Balaban J connectivity index is 2.09. The minimum atomic E-state index is 0.320. The Bertz CT molecular complexity index is 371. The topological polar surface area (TPSA) is 58.0 Å². The van der Waals surface area contributed by atoms with E-state index in [1.54, 1.807) is 0 Å².